The number of benzene rings is 2. The van der Waals surface area contributed by atoms with Gasteiger partial charge in [-0.25, -0.2) is 4.39 Å². The van der Waals surface area contributed by atoms with Gasteiger partial charge in [0.15, 0.2) is 11.6 Å². The van der Waals surface area contributed by atoms with Crippen LogP contribution in [0.4, 0.5) is 4.39 Å². The van der Waals surface area contributed by atoms with Gasteiger partial charge in [0.05, 0.1) is 31.9 Å². The second-order valence-electron chi connectivity index (χ2n) is 7.71. The third-order valence-electron chi connectivity index (χ3n) is 5.84. The first-order valence-electron chi connectivity index (χ1n) is 10.5. The Labute approximate surface area is 185 Å². The molecule has 0 aliphatic carbocycles. The Morgan fingerprint density at radius 2 is 1.84 bits per heavy atom. The first-order chi connectivity index (χ1) is 15.5. The van der Waals surface area contributed by atoms with Gasteiger partial charge in [-0.3, -0.25) is 14.5 Å². The number of Topliss-reactive ketones (excluding diaryl/α,β-unsaturated/α-hetero) is 1. The van der Waals surface area contributed by atoms with Gasteiger partial charge < -0.3 is 19.5 Å². The molecular formula is C24H25FN2O5. The minimum Gasteiger partial charge on any atom is -0.507 e. The number of ketones is 1. The summed E-state index contributed by atoms with van der Waals surface area (Å²) < 4.78 is 24.6. The molecule has 2 aromatic carbocycles. The molecule has 1 N–H and O–H groups in total. The van der Waals surface area contributed by atoms with E-state index < -0.39 is 29.3 Å². The summed E-state index contributed by atoms with van der Waals surface area (Å²) in [6.45, 7) is 3.67. The van der Waals surface area contributed by atoms with Crippen molar-refractivity contribution < 1.29 is 28.6 Å². The van der Waals surface area contributed by atoms with E-state index in [9.17, 15) is 19.1 Å². The number of hydrogen-bond acceptors (Lipinski definition) is 6. The molecule has 2 saturated heterocycles. The van der Waals surface area contributed by atoms with Gasteiger partial charge in [0.25, 0.3) is 11.7 Å². The van der Waals surface area contributed by atoms with Gasteiger partial charge in [-0.2, -0.15) is 0 Å². The lowest BCUT2D eigenvalue weighted by molar-refractivity contribution is -0.140. The highest BCUT2D eigenvalue weighted by Crippen LogP contribution is 2.39. The number of ether oxygens (including phenoxy) is 2. The van der Waals surface area contributed by atoms with Crippen molar-refractivity contribution in [2.75, 3.05) is 46.5 Å². The second-order valence-corrected chi connectivity index (χ2v) is 7.71. The molecule has 168 valence electrons. The number of carbonyl (C=O) groups excluding carboxylic acids is 2. The summed E-state index contributed by atoms with van der Waals surface area (Å²) in [5, 5.41) is 11.0. The van der Waals surface area contributed by atoms with E-state index in [4.69, 9.17) is 9.47 Å². The average molecular weight is 440 g/mol. The topological polar surface area (TPSA) is 79.3 Å². The van der Waals surface area contributed by atoms with E-state index in [1.807, 2.05) is 18.2 Å². The number of halogens is 1. The Kier molecular flexibility index (Phi) is 6.53. The van der Waals surface area contributed by atoms with E-state index in [1.165, 1.54) is 24.1 Å². The number of amides is 1. The third kappa shape index (κ3) is 4.24. The van der Waals surface area contributed by atoms with Crippen molar-refractivity contribution in [1.29, 1.82) is 0 Å². The second kappa shape index (κ2) is 9.50. The lowest BCUT2D eigenvalue weighted by Gasteiger charge is -2.31. The number of rotatable bonds is 6. The van der Waals surface area contributed by atoms with Gasteiger partial charge in [0.2, 0.25) is 0 Å². The predicted octanol–water partition coefficient (Wildman–Crippen LogP) is 2.59. The van der Waals surface area contributed by atoms with Crippen molar-refractivity contribution in [2.45, 2.75) is 6.04 Å². The molecule has 2 aliphatic heterocycles. The van der Waals surface area contributed by atoms with Gasteiger partial charge in [0, 0.05) is 31.7 Å². The quantitative estimate of drug-likeness (QED) is 0.423. The zero-order valence-corrected chi connectivity index (χ0v) is 17.8. The van der Waals surface area contributed by atoms with Crippen molar-refractivity contribution >= 4 is 17.4 Å². The van der Waals surface area contributed by atoms with Crippen LogP contribution in [0, 0.1) is 5.82 Å². The fourth-order valence-corrected chi connectivity index (χ4v) is 4.14. The van der Waals surface area contributed by atoms with Gasteiger partial charge >= 0.3 is 0 Å². The number of morpholine rings is 1. The number of nitrogens with zero attached hydrogens (tertiary/aromatic N) is 2. The van der Waals surface area contributed by atoms with Gasteiger partial charge in [-0.05, 0) is 23.8 Å². The van der Waals surface area contributed by atoms with Crippen LogP contribution in [0.25, 0.3) is 5.76 Å². The standard InChI is InChI=1S/C24H25FN2O5/c1-31-19-8-7-17(15-18(19)25)22(28)20-21(16-5-3-2-4-6-16)27(24(30)23(20)29)10-9-26-11-13-32-14-12-26/h2-8,15,21,28H,9-14H2,1H3/b22-20+. The molecule has 1 amide bonds. The predicted molar refractivity (Wildman–Crippen MR) is 116 cm³/mol. The highest BCUT2D eigenvalue weighted by atomic mass is 19.1. The van der Waals surface area contributed by atoms with Crippen molar-refractivity contribution in [2.24, 2.45) is 0 Å². The van der Waals surface area contributed by atoms with Crippen molar-refractivity contribution in [1.82, 2.24) is 9.80 Å². The maximum atomic E-state index is 14.3. The summed E-state index contributed by atoms with van der Waals surface area (Å²) >= 11 is 0. The summed E-state index contributed by atoms with van der Waals surface area (Å²) in [7, 11) is 1.34. The summed E-state index contributed by atoms with van der Waals surface area (Å²) in [4.78, 5) is 29.6. The largest absolute Gasteiger partial charge is 0.507 e. The first kappa shape index (κ1) is 22.0. The van der Waals surface area contributed by atoms with E-state index in [0.29, 0.717) is 31.9 Å². The molecule has 7 nitrogen and oxygen atoms in total. The highest BCUT2D eigenvalue weighted by molar-refractivity contribution is 6.46. The average Bonchev–Trinajstić information content (AvgIpc) is 3.08. The number of carbonyl (C=O) groups is 2. The minimum atomic E-state index is -0.783. The maximum Gasteiger partial charge on any atom is 0.295 e. The summed E-state index contributed by atoms with van der Waals surface area (Å²) in [5.41, 5.74) is 0.757. The molecule has 0 saturated carbocycles. The lowest BCUT2D eigenvalue weighted by Crippen LogP contribution is -2.42. The molecule has 0 radical (unpaired) electrons. The zero-order valence-electron chi connectivity index (χ0n) is 17.8. The molecule has 1 atom stereocenters. The number of likely N-dealkylation sites (tertiary alicyclic amines) is 1. The van der Waals surface area contributed by atoms with Crippen LogP contribution in [0.2, 0.25) is 0 Å². The van der Waals surface area contributed by atoms with Crippen LogP contribution in [0.3, 0.4) is 0 Å². The molecule has 32 heavy (non-hydrogen) atoms. The summed E-state index contributed by atoms with van der Waals surface area (Å²) in [6.07, 6.45) is 0. The van der Waals surface area contributed by atoms with E-state index >= 15 is 0 Å². The van der Waals surface area contributed by atoms with Crippen LogP contribution >= 0.6 is 0 Å². The smallest absolute Gasteiger partial charge is 0.295 e. The number of aliphatic hydroxyl groups excluding tert-OH is 1. The van der Waals surface area contributed by atoms with Crippen molar-refractivity contribution in [3.05, 3.63) is 71.0 Å². The molecule has 0 spiro atoms. The van der Waals surface area contributed by atoms with Crippen LogP contribution in [-0.2, 0) is 14.3 Å². The Hall–Kier alpha value is -3.23. The van der Waals surface area contributed by atoms with Gasteiger partial charge in [-0.1, -0.05) is 30.3 Å². The molecule has 2 aromatic rings. The summed E-state index contributed by atoms with van der Waals surface area (Å²) in [5.74, 6) is -2.52. The Bertz CT molecular complexity index is 1030. The number of methoxy groups -OCH3 is 1. The molecule has 2 heterocycles. The molecule has 0 aromatic heterocycles. The molecular weight excluding hydrogens is 415 g/mol. The molecule has 2 aliphatic rings. The van der Waals surface area contributed by atoms with Crippen LogP contribution in [0.15, 0.2) is 54.1 Å². The monoisotopic (exact) mass is 440 g/mol. The lowest BCUT2D eigenvalue weighted by atomic mass is 9.95. The zero-order chi connectivity index (χ0) is 22.7. The highest BCUT2D eigenvalue weighted by Gasteiger charge is 2.46. The van der Waals surface area contributed by atoms with E-state index in [2.05, 4.69) is 4.90 Å². The van der Waals surface area contributed by atoms with Crippen LogP contribution in [0.5, 0.6) is 5.75 Å². The van der Waals surface area contributed by atoms with Crippen LogP contribution in [0.1, 0.15) is 17.2 Å². The minimum absolute atomic E-state index is 0.0205. The Balaban J connectivity index is 1.72. The molecule has 8 heteroatoms. The first-order valence-corrected chi connectivity index (χ1v) is 10.5. The Morgan fingerprint density at radius 1 is 1.12 bits per heavy atom. The fourth-order valence-electron chi connectivity index (χ4n) is 4.14. The Morgan fingerprint density at radius 3 is 2.50 bits per heavy atom. The van der Waals surface area contributed by atoms with Gasteiger partial charge in [0.1, 0.15) is 5.76 Å². The van der Waals surface area contributed by atoms with E-state index in [1.54, 1.807) is 12.1 Å². The number of aliphatic hydroxyl groups is 1. The van der Waals surface area contributed by atoms with Crippen molar-refractivity contribution in [3.63, 3.8) is 0 Å². The van der Waals surface area contributed by atoms with Crippen molar-refractivity contribution in [3.8, 4) is 5.75 Å². The van der Waals surface area contributed by atoms with E-state index in [0.717, 1.165) is 19.2 Å². The summed E-state index contributed by atoms with van der Waals surface area (Å²) in [6, 6.07) is 12.2. The normalized spacial score (nSPS) is 21.2. The fraction of sp³-hybridized carbons (Fsp3) is 0.333. The third-order valence-corrected chi connectivity index (χ3v) is 5.84. The van der Waals surface area contributed by atoms with E-state index in [-0.39, 0.29) is 16.9 Å². The molecule has 0 bridgehead atoms. The SMILES string of the molecule is COc1ccc(/C(O)=C2\C(=O)C(=O)N(CCN3CCOCC3)C2c2ccccc2)cc1F. The van der Waals surface area contributed by atoms with Gasteiger partial charge in [-0.15, -0.1) is 0 Å². The maximum absolute atomic E-state index is 14.3. The molecule has 1 unspecified atom stereocenters. The molecule has 2 fully saturated rings. The number of hydrogen-bond donors (Lipinski definition) is 1. The van der Waals surface area contributed by atoms with Crippen LogP contribution in [-0.4, -0.2) is 73.1 Å². The molecule has 4 rings (SSSR count). The van der Waals surface area contributed by atoms with Crippen LogP contribution < -0.4 is 4.74 Å².